The lowest BCUT2D eigenvalue weighted by Crippen LogP contribution is -2.38. The molecule has 6 heteroatoms. The summed E-state index contributed by atoms with van der Waals surface area (Å²) in [5.74, 6) is 1.50. The summed E-state index contributed by atoms with van der Waals surface area (Å²) in [6.07, 6.45) is 0.745. The van der Waals surface area contributed by atoms with Crippen LogP contribution in [0.25, 0.3) is 21.2 Å². The molecule has 0 N–H and O–H groups in total. The van der Waals surface area contributed by atoms with Crippen molar-refractivity contribution >= 4 is 21.4 Å². The van der Waals surface area contributed by atoms with Crippen molar-refractivity contribution in [1.29, 1.82) is 0 Å². The molecule has 1 aromatic heterocycles. The van der Waals surface area contributed by atoms with Gasteiger partial charge in [-0.05, 0) is 53.6 Å². The summed E-state index contributed by atoms with van der Waals surface area (Å²) in [7, 11) is 1.69. The Morgan fingerprint density at radius 1 is 0.941 bits per heavy atom. The van der Waals surface area contributed by atoms with Crippen LogP contribution in [0.2, 0.25) is 0 Å². The Morgan fingerprint density at radius 3 is 2.41 bits per heavy atom. The van der Waals surface area contributed by atoms with E-state index in [1.54, 1.807) is 18.4 Å². The molecule has 34 heavy (non-hydrogen) atoms. The highest BCUT2D eigenvalue weighted by Crippen LogP contribution is 2.41. The quantitative estimate of drug-likeness (QED) is 0.311. The van der Waals surface area contributed by atoms with E-state index in [9.17, 15) is 4.39 Å². The van der Waals surface area contributed by atoms with Crippen molar-refractivity contribution in [2.75, 3.05) is 46.6 Å². The van der Waals surface area contributed by atoms with Crippen molar-refractivity contribution in [2.45, 2.75) is 6.42 Å². The van der Waals surface area contributed by atoms with Crippen LogP contribution in [-0.2, 0) is 11.2 Å². The Labute approximate surface area is 203 Å². The van der Waals surface area contributed by atoms with E-state index >= 15 is 0 Å². The van der Waals surface area contributed by atoms with E-state index in [1.165, 1.54) is 32.7 Å². The monoisotopic (exact) mass is 477 g/mol. The summed E-state index contributed by atoms with van der Waals surface area (Å²) in [4.78, 5) is 3.61. The van der Waals surface area contributed by atoms with Crippen LogP contribution in [-0.4, -0.2) is 51.5 Å². The average Bonchev–Trinajstić information content (AvgIpc) is 3.23. The number of hydrogen-bond acceptors (Lipinski definition) is 5. The van der Waals surface area contributed by atoms with Gasteiger partial charge < -0.3 is 14.2 Å². The maximum absolute atomic E-state index is 13.4. The minimum atomic E-state index is -0.214. The van der Waals surface area contributed by atoms with E-state index in [-0.39, 0.29) is 5.82 Å². The smallest absolute Gasteiger partial charge is 0.123 e. The Kier molecular flexibility index (Phi) is 7.09. The number of methoxy groups -OCH3 is 1. The lowest BCUT2D eigenvalue weighted by Gasteiger charge is -2.26. The summed E-state index contributed by atoms with van der Waals surface area (Å²) < 4.78 is 31.5. The number of thiophene rings is 1. The van der Waals surface area contributed by atoms with Gasteiger partial charge >= 0.3 is 0 Å². The van der Waals surface area contributed by atoms with Gasteiger partial charge in [0.25, 0.3) is 0 Å². The highest BCUT2D eigenvalue weighted by Gasteiger charge is 2.16. The first-order valence-electron chi connectivity index (χ1n) is 11.6. The van der Waals surface area contributed by atoms with E-state index in [4.69, 9.17) is 14.2 Å². The molecule has 4 nitrogen and oxygen atoms in total. The van der Waals surface area contributed by atoms with Gasteiger partial charge in [-0.2, -0.15) is 0 Å². The van der Waals surface area contributed by atoms with Crippen molar-refractivity contribution in [2.24, 2.45) is 0 Å². The van der Waals surface area contributed by atoms with Crippen molar-refractivity contribution in [3.8, 4) is 22.6 Å². The molecule has 0 saturated carbocycles. The molecule has 0 bridgehead atoms. The third-order valence-corrected chi connectivity index (χ3v) is 7.32. The van der Waals surface area contributed by atoms with Gasteiger partial charge in [0.2, 0.25) is 0 Å². The Hall–Kier alpha value is -2.93. The van der Waals surface area contributed by atoms with Crippen LogP contribution in [0, 0.1) is 5.82 Å². The molecule has 0 aliphatic carbocycles. The van der Waals surface area contributed by atoms with E-state index in [0.717, 1.165) is 61.9 Å². The lowest BCUT2D eigenvalue weighted by atomic mass is 9.99. The standard InChI is InChI=1S/C28H28FNO3S/c1-31-24-10-11-25-26(19-24)34-27(18-20-2-6-22(29)7-3-20)28(25)21-4-8-23(9-5-21)33-17-14-30-12-15-32-16-13-30/h2-11,19H,12-18H2,1H3. The topological polar surface area (TPSA) is 30.9 Å². The molecule has 0 radical (unpaired) electrons. The van der Waals surface area contributed by atoms with Gasteiger partial charge in [-0.3, -0.25) is 4.90 Å². The molecule has 1 fully saturated rings. The number of morpholine rings is 1. The van der Waals surface area contributed by atoms with E-state index < -0.39 is 0 Å². The van der Waals surface area contributed by atoms with E-state index in [2.05, 4.69) is 29.2 Å². The molecule has 176 valence electrons. The summed E-state index contributed by atoms with van der Waals surface area (Å²) >= 11 is 1.76. The maximum Gasteiger partial charge on any atom is 0.123 e. The molecule has 0 spiro atoms. The van der Waals surface area contributed by atoms with Crippen LogP contribution in [0.5, 0.6) is 11.5 Å². The molecular weight excluding hydrogens is 449 g/mol. The second-order valence-corrected chi connectivity index (χ2v) is 9.53. The Bertz CT molecular complexity index is 1230. The summed E-state index contributed by atoms with van der Waals surface area (Å²) in [6, 6.07) is 21.3. The Balaban J connectivity index is 1.39. The Morgan fingerprint density at radius 2 is 1.68 bits per heavy atom. The number of benzene rings is 3. The summed E-state index contributed by atoms with van der Waals surface area (Å²) in [5.41, 5.74) is 3.45. The molecule has 2 heterocycles. The molecule has 5 rings (SSSR count). The second kappa shape index (κ2) is 10.6. The molecule has 3 aromatic carbocycles. The van der Waals surface area contributed by atoms with Gasteiger partial charge in [-0.25, -0.2) is 4.39 Å². The highest BCUT2D eigenvalue weighted by atomic mass is 32.1. The number of rotatable bonds is 8. The second-order valence-electron chi connectivity index (χ2n) is 8.39. The van der Waals surface area contributed by atoms with Crippen LogP contribution in [0.3, 0.4) is 0 Å². The van der Waals surface area contributed by atoms with Crippen molar-refractivity contribution in [1.82, 2.24) is 4.90 Å². The van der Waals surface area contributed by atoms with Crippen LogP contribution >= 0.6 is 11.3 Å². The zero-order valence-corrected chi connectivity index (χ0v) is 20.1. The number of nitrogens with zero attached hydrogens (tertiary/aromatic N) is 1. The minimum Gasteiger partial charge on any atom is -0.497 e. The van der Waals surface area contributed by atoms with Gasteiger partial charge in [0.05, 0.1) is 20.3 Å². The normalized spacial score (nSPS) is 14.4. The van der Waals surface area contributed by atoms with Gasteiger partial charge in [-0.15, -0.1) is 11.3 Å². The minimum absolute atomic E-state index is 0.214. The zero-order valence-electron chi connectivity index (χ0n) is 19.3. The van der Waals surface area contributed by atoms with E-state index in [0.29, 0.717) is 6.61 Å². The van der Waals surface area contributed by atoms with Gasteiger partial charge in [-0.1, -0.05) is 24.3 Å². The summed E-state index contributed by atoms with van der Waals surface area (Å²) in [6.45, 7) is 5.11. The first kappa shape index (κ1) is 22.8. The molecule has 0 unspecified atom stereocenters. The van der Waals surface area contributed by atoms with Gasteiger partial charge in [0.15, 0.2) is 0 Å². The van der Waals surface area contributed by atoms with Gasteiger partial charge in [0, 0.05) is 46.6 Å². The van der Waals surface area contributed by atoms with Crippen LogP contribution < -0.4 is 9.47 Å². The zero-order chi connectivity index (χ0) is 23.3. The number of fused-ring (bicyclic) bond motifs is 1. The fourth-order valence-electron chi connectivity index (χ4n) is 4.32. The van der Waals surface area contributed by atoms with Crippen molar-refractivity contribution in [3.05, 3.63) is 83.0 Å². The summed E-state index contributed by atoms with van der Waals surface area (Å²) in [5, 5.41) is 1.20. The first-order valence-corrected chi connectivity index (χ1v) is 12.4. The first-order chi connectivity index (χ1) is 16.7. The van der Waals surface area contributed by atoms with E-state index in [1.807, 2.05) is 30.3 Å². The number of hydrogen-bond donors (Lipinski definition) is 0. The van der Waals surface area contributed by atoms with Crippen LogP contribution in [0.15, 0.2) is 66.7 Å². The van der Waals surface area contributed by atoms with Crippen molar-refractivity contribution in [3.63, 3.8) is 0 Å². The van der Waals surface area contributed by atoms with Crippen LogP contribution in [0.4, 0.5) is 4.39 Å². The highest BCUT2D eigenvalue weighted by molar-refractivity contribution is 7.19. The largest absolute Gasteiger partial charge is 0.497 e. The third kappa shape index (κ3) is 5.25. The molecule has 1 aliphatic heterocycles. The SMILES string of the molecule is COc1ccc2c(-c3ccc(OCCN4CCOCC4)cc3)c(Cc3ccc(F)cc3)sc2c1. The molecule has 1 aliphatic rings. The lowest BCUT2D eigenvalue weighted by molar-refractivity contribution is 0.0322. The molecule has 1 saturated heterocycles. The predicted molar refractivity (Wildman–Crippen MR) is 136 cm³/mol. The molecule has 4 aromatic rings. The molecule has 0 amide bonds. The predicted octanol–water partition coefficient (Wildman–Crippen LogP) is 6.02. The average molecular weight is 478 g/mol. The maximum atomic E-state index is 13.4. The number of ether oxygens (including phenoxy) is 3. The van der Waals surface area contributed by atoms with Gasteiger partial charge in [0.1, 0.15) is 23.9 Å². The van der Waals surface area contributed by atoms with Crippen LogP contribution in [0.1, 0.15) is 10.4 Å². The third-order valence-electron chi connectivity index (χ3n) is 6.17. The molecular formula is C28H28FNO3S. The fraction of sp³-hybridized carbons (Fsp3) is 0.286. The number of halogens is 1. The fourth-order valence-corrected chi connectivity index (χ4v) is 5.61. The van der Waals surface area contributed by atoms with Crippen molar-refractivity contribution < 1.29 is 18.6 Å². The molecule has 0 atom stereocenters.